The number of nitrogens with zero attached hydrogens (tertiary/aromatic N) is 5. The van der Waals surface area contributed by atoms with Crippen molar-refractivity contribution in [1.29, 1.82) is 0 Å². The SMILES string of the molecule is Cc1cc(C)n(-c2cc(NCc3ccncc3)ncn2)n1. The van der Waals surface area contributed by atoms with Gasteiger partial charge in [0, 0.05) is 30.7 Å². The van der Waals surface area contributed by atoms with Gasteiger partial charge < -0.3 is 5.32 Å². The summed E-state index contributed by atoms with van der Waals surface area (Å²) in [4.78, 5) is 12.5. The second-order valence-corrected chi connectivity index (χ2v) is 4.81. The summed E-state index contributed by atoms with van der Waals surface area (Å²) in [5, 5.41) is 7.71. The average molecular weight is 280 g/mol. The van der Waals surface area contributed by atoms with Crippen molar-refractivity contribution < 1.29 is 0 Å². The molecule has 0 amide bonds. The fraction of sp³-hybridized carbons (Fsp3) is 0.200. The number of aryl methyl sites for hydroxylation is 2. The molecular formula is C15H16N6. The lowest BCUT2D eigenvalue weighted by molar-refractivity contribution is 0.800. The van der Waals surface area contributed by atoms with Crippen LogP contribution in [-0.4, -0.2) is 24.7 Å². The molecule has 3 aromatic rings. The Morgan fingerprint density at radius 2 is 1.90 bits per heavy atom. The number of hydrogen-bond donors (Lipinski definition) is 1. The maximum Gasteiger partial charge on any atom is 0.159 e. The molecule has 3 aromatic heterocycles. The summed E-state index contributed by atoms with van der Waals surface area (Å²) >= 11 is 0. The van der Waals surface area contributed by atoms with Crippen LogP contribution in [0.2, 0.25) is 0 Å². The Bertz CT molecular complexity index is 735. The normalized spacial score (nSPS) is 10.6. The van der Waals surface area contributed by atoms with Crippen LogP contribution in [0, 0.1) is 13.8 Å². The van der Waals surface area contributed by atoms with Crippen molar-refractivity contribution in [1.82, 2.24) is 24.7 Å². The Hall–Kier alpha value is -2.76. The zero-order valence-electron chi connectivity index (χ0n) is 12.0. The van der Waals surface area contributed by atoms with Crippen molar-refractivity contribution in [3.05, 3.63) is 59.9 Å². The third-order valence-electron chi connectivity index (χ3n) is 3.10. The number of anilines is 1. The van der Waals surface area contributed by atoms with Crippen molar-refractivity contribution in [3.63, 3.8) is 0 Å². The first-order valence-corrected chi connectivity index (χ1v) is 6.71. The van der Waals surface area contributed by atoms with Crippen molar-refractivity contribution in [2.24, 2.45) is 0 Å². The molecule has 0 unspecified atom stereocenters. The van der Waals surface area contributed by atoms with Gasteiger partial charge in [-0.05, 0) is 37.6 Å². The maximum atomic E-state index is 4.43. The van der Waals surface area contributed by atoms with Gasteiger partial charge in [0.15, 0.2) is 5.82 Å². The van der Waals surface area contributed by atoms with E-state index in [9.17, 15) is 0 Å². The van der Waals surface area contributed by atoms with Crippen LogP contribution < -0.4 is 5.32 Å². The van der Waals surface area contributed by atoms with Crippen LogP contribution in [-0.2, 0) is 6.54 Å². The lowest BCUT2D eigenvalue weighted by atomic mass is 10.3. The van der Waals surface area contributed by atoms with Gasteiger partial charge in [0.05, 0.1) is 5.69 Å². The molecule has 0 aliphatic rings. The van der Waals surface area contributed by atoms with Gasteiger partial charge in [-0.25, -0.2) is 14.6 Å². The van der Waals surface area contributed by atoms with Crippen LogP contribution in [0.1, 0.15) is 17.0 Å². The smallest absolute Gasteiger partial charge is 0.159 e. The van der Waals surface area contributed by atoms with Crippen LogP contribution in [0.15, 0.2) is 43.0 Å². The highest BCUT2D eigenvalue weighted by molar-refractivity contribution is 5.41. The molecule has 0 saturated carbocycles. The third kappa shape index (κ3) is 3.05. The van der Waals surface area contributed by atoms with Crippen LogP contribution in [0.5, 0.6) is 0 Å². The fourth-order valence-corrected chi connectivity index (χ4v) is 2.11. The number of nitrogens with one attached hydrogen (secondary N) is 1. The first kappa shape index (κ1) is 13.2. The number of rotatable bonds is 4. The Morgan fingerprint density at radius 1 is 1.10 bits per heavy atom. The van der Waals surface area contributed by atoms with E-state index in [-0.39, 0.29) is 0 Å². The number of hydrogen-bond acceptors (Lipinski definition) is 5. The van der Waals surface area contributed by atoms with E-state index < -0.39 is 0 Å². The van der Waals surface area contributed by atoms with E-state index in [0.29, 0.717) is 6.54 Å². The van der Waals surface area contributed by atoms with Gasteiger partial charge in [-0.2, -0.15) is 5.10 Å². The fourth-order valence-electron chi connectivity index (χ4n) is 2.11. The highest BCUT2D eigenvalue weighted by Crippen LogP contribution is 2.13. The quantitative estimate of drug-likeness (QED) is 0.794. The van der Waals surface area contributed by atoms with Gasteiger partial charge in [-0.3, -0.25) is 4.98 Å². The Kier molecular flexibility index (Phi) is 3.59. The first-order chi connectivity index (χ1) is 10.2. The van der Waals surface area contributed by atoms with E-state index in [4.69, 9.17) is 0 Å². The zero-order valence-corrected chi connectivity index (χ0v) is 12.0. The minimum absolute atomic E-state index is 0.691. The molecule has 6 heteroatoms. The van der Waals surface area contributed by atoms with Gasteiger partial charge in [-0.1, -0.05) is 0 Å². The van der Waals surface area contributed by atoms with E-state index in [1.807, 2.05) is 42.8 Å². The summed E-state index contributed by atoms with van der Waals surface area (Å²) < 4.78 is 1.81. The monoisotopic (exact) mass is 280 g/mol. The van der Waals surface area contributed by atoms with Crippen LogP contribution in [0.3, 0.4) is 0 Å². The Labute approximate surface area is 122 Å². The molecule has 0 radical (unpaired) electrons. The van der Waals surface area contributed by atoms with Crippen LogP contribution in [0.4, 0.5) is 5.82 Å². The number of pyridine rings is 1. The van der Waals surface area contributed by atoms with E-state index in [1.165, 1.54) is 0 Å². The molecule has 1 N–H and O–H groups in total. The summed E-state index contributed by atoms with van der Waals surface area (Å²) in [6, 6.07) is 7.85. The molecule has 3 heterocycles. The van der Waals surface area contributed by atoms with Gasteiger partial charge in [0.25, 0.3) is 0 Å². The second kappa shape index (κ2) is 5.70. The van der Waals surface area contributed by atoms with Crippen molar-refractivity contribution in [3.8, 4) is 5.82 Å². The summed E-state index contributed by atoms with van der Waals surface area (Å²) in [6.07, 6.45) is 5.09. The topological polar surface area (TPSA) is 68.5 Å². The Balaban J connectivity index is 1.79. The summed E-state index contributed by atoms with van der Waals surface area (Å²) in [6.45, 7) is 4.66. The molecule has 106 valence electrons. The lowest BCUT2D eigenvalue weighted by Crippen LogP contribution is -2.06. The second-order valence-electron chi connectivity index (χ2n) is 4.81. The molecule has 0 aliphatic carbocycles. The minimum atomic E-state index is 0.691. The van der Waals surface area contributed by atoms with E-state index >= 15 is 0 Å². The maximum absolute atomic E-state index is 4.43. The van der Waals surface area contributed by atoms with Crippen molar-refractivity contribution >= 4 is 5.82 Å². The molecule has 0 aromatic carbocycles. The molecule has 0 saturated heterocycles. The highest BCUT2D eigenvalue weighted by Gasteiger charge is 2.06. The predicted octanol–water partition coefficient (Wildman–Crippen LogP) is 2.29. The average Bonchev–Trinajstić information content (AvgIpc) is 2.85. The molecule has 0 fully saturated rings. The summed E-state index contributed by atoms with van der Waals surface area (Å²) in [7, 11) is 0. The van der Waals surface area contributed by atoms with Gasteiger partial charge in [-0.15, -0.1) is 0 Å². The van der Waals surface area contributed by atoms with E-state index in [1.54, 1.807) is 18.7 Å². The molecule has 6 nitrogen and oxygen atoms in total. The zero-order chi connectivity index (χ0) is 14.7. The molecule has 0 atom stereocenters. The van der Waals surface area contributed by atoms with Gasteiger partial charge in [0.1, 0.15) is 12.1 Å². The molecule has 0 aliphatic heterocycles. The molecule has 3 rings (SSSR count). The predicted molar refractivity (Wildman–Crippen MR) is 80.2 cm³/mol. The van der Waals surface area contributed by atoms with Crippen molar-refractivity contribution in [2.75, 3.05) is 5.32 Å². The van der Waals surface area contributed by atoms with Crippen molar-refractivity contribution in [2.45, 2.75) is 20.4 Å². The standard InChI is InChI=1S/C15H16N6/c1-11-7-12(2)21(20-11)15-8-14(18-10-19-15)17-9-13-3-5-16-6-4-13/h3-8,10H,9H2,1-2H3,(H,17,18,19). The largest absolute Gasteiger partial charge is 0.366 e. The molecule has 21 heavy (non-hydrogen) atoms. The van der Waals surface area contributed by atoms with Crippen LogP contribution >= 0.6 is 0 Å². The highest BCUT2D eigenvalue weighted by atomic mass is 15.3. The molecule has 0 bridgehead atoms. The van der Waals surface area contributed by atoms with E-state index in [2.05, 4.69) is 25.4 Å². The third-order valence-corrected chi connectivity index (χ3v) is 3.10. The van der Waals surface area contributed by atoms with Crippen LogP contribution in [0.25, 0.3) is 5.82 Å². The van der Waals surface area contributed by atoms with Gasteiger partial charge in [0.2, 0.25) is 0 Å². The summed E-state index contributed by atoms with van der Waals surface area (Å²) in [5.41, 5.74) is 3.17. The van der Waals surface area contributed by atoms with Gasteiger partial charge >= 0.3 is 0 Å². The molecular weight excluding hydrogens is 264 g/mol. The lowest BCUT2D eigenvalue weighted by Gasteiger charge is -2.08. The Morgan fingerprint density at radius 3 is 2.62 bits per heavy atom. The first-order valence-electron chi connectivity index (χ1n) is 6.71. The number of aromatic nitrogens is 5. The van der Waals surface area contributed by atoms with E-state index in [0.717, 1.165) is 28.6 Å². The minimum Gasteiger partial charge on any atom is -0.366 e. The molecule has 0 spiro atoms. The summed E-state index contributed by atoms with van der Waals surface area (Å²) in [5.74, 6) is 1.53.